The molecular formula is C19H19N3O2. The number of phenolic OH excluding ortho intramolecular Hbond substituents is 1. The summed E-state index contributed by atoms with van der Waals surface area (Å²) in [7, 11) is 0. The molecule has 0 bridgehead atoms. The van der Waals surface area contributed by atoms with Gasteiger partial charge in [0, 0.05) is 18.1 Å². The average Bonchev–Trinajstić information content (AvgIpc) is 3.11. The number of rotatable bonds is 4. The van der Waals surface area contributed by atoms with E-state index in [1.165, 1.54) is 0 Å². The molecular weight excluding hydrogens is 302 g/mol. The van der Waals surface area contributed by atoms with Crippen LogP contribution in [0, 0.1) is 0 Å². The standard InChI is InChI=1S/C19H19N3O2/c1-3-18(15-6-8-16(23)9-7-15)22-11-10-20-19(14(22)2)21-13-17-5-4-12-24-17/h3-12,23H,2,13H2,1H3,(H,20,21)/b18-3-. The van der Waals surface area contributed by atoms with Crippen LogP contribution < -0.4 is 5.32 Å². The van der Waals surface area contributed by atoms with Crippen molar-refractivity contribution in [2.75, 3.05) is 0 Å². The third kappa shape index (κ3) is 3.25. The molecule has 0 spiro atoms. The number of benzene rings is 1. The number of allylic oxidation sites excluding steroid dienone is 1. The molecule has 5 heteroatoms. The smallest absolute Gasteiger partial charge is 0.149 e. The maximum atomic E-state index is 9.47. The van der Waals surface area contributed by atoms with E-state index in [-0.39, 0.29) is 5.75 Å². The Morgan fingerprint density at radius 3 is 2.79 bits per heavy atom. The van der Waals surface area contributed by atoms with Crippen LogP contribution in [0.15, 0.2) is 82.8 Å². The Hall–Kier alpha value is -3.21. The zero-order chi connectivity index (χ0) is 16.9. The maximum Gasteiger partial charge on any atom is 0.149 e. The summed E-state index contributed by atoms with van der Waals surface area (Å²) in [5, 5.41) is 12.6. The SMILES string of the molecule is C=C1C(=NCc2ccco2)NC=CN1/C(=C\C)c1ccc(O)cc1. The van der Waals surface area contributed by atoms with Crippen LogP contribution >= 0.6 is 0 Å². The minimum atomic E-state index is 0.240. The molecule has 0 saturated carbocycles. The lowest BCUT2D eigenvalue weighted by Gasteiger charge is -2.29. The van der Waals surface area contributed by atoms with Crippen LogP contribution in [0.4, 0.5) is 0 Å². The molecule has 1 aromatic carbocycles. The van der Waals surface area contributed by atoms with Crippen molar-refractivity contribution in [3.8, 4) is 5.75 Å². The number of aromatic hydroxyl groups is 1. The molecule has 0 unspecified atom stereocenters. The normalized spacial score (nSPS) is 16.5. The Balaban J connectivity index is 1.83. The first-order chi connectivity index (χ1) is 11.7. The predicted octanol–water partition coefficient (Wildman–Crippen LogP) is 3.83. The number of hydrogen-bond donors (Lipinski definition) is 2. The molecule has 0 fully saturated rings. The zero-order valence-electron chi connectivity index (χ0n) is 13.4. The second-order valence-corrected chi connectivity index (χ2v) is 5.24. The monoisotopic (exact) mass is 321 g/mol. The van der Waals surface area contributed by atoms with E-state index in [2.05, 4.69) is 16.9 Å². The van der Waals surface area contributed by atoms with Crippen molar-refractivity contribution >= 4 is 11.5 Å². The summed E-state index contributed by atoms with van der Waals surface area (Å²) in [6.07, 6.45) is 7.35. The van der Waals surface area contributed by atoms with Crippen LogP contribution in [-0.4, -0.2) is 15.8 Å². The van der Waals surface area contributed by atoms with Crippen molar-refractivity contribution in [1.82, 2.24) is 10.2 Å². The second kappa shape index (κ2) is 6.91. The zero-order valence-corrected chi connectivity index (χ0v) is 13.4. The number of phenols is 1. The highest BCUT2D eigenvalue weighted by Crippen LogP contribution is 2.26. The highest BCUT2D eigenvalue weighted by Gasteiger charge is 2.19. The van der Waals surface area contributed by atoms with Crippen molar-refractivity contribution < 1.29 is 9.52 Å². The topological polar surface area (TPSA) is 61.0 Å². The molecule has 1 aliphatic heterocycles. The maximum absolute atomic E-state index is 9.47. The third-order valence-electron chi connectivity index (χ3n) is 3.68. The number of hydrogen-bond acceptors (Lipinski definition) is 4. The van der Waals surface area contributed by atoms with Crippen LogP contribution in [0.1, 0.15) is 18.2 Å². The highest BCUT2D eigenvalue weighted by atomic mass is 16.3. The number of amidine groups is 1. The molecule has 0 saturated heterocycles. The van der Waals surface area contributed by atoms with E-state index in [0.29, 0.717) is 12.4 Å². The summed E-state index contributed by atoms with van der Waals surface area (Å²) in [5.41, 5.74) is 2.68. The Labute approximate surface area is 140 Å². The van der Waals surface area contributed by atoms with Gasteiger partial charge < -0.3 is 19.7 Å². The van der Waals surface area contributed by atoms with Crippen LogP contribution in [0.5, 0.6) is 5.75 Å². The Morgan fingerprint density at radius 2 is 2.12 bits per heavy atom. The van der Waals surface area contributed by atoms with E-state index >= 15 is 0 Å². The fourth-order valence-electron chi connectivity index (χ4n) is 2.48. The fraction of sp³-hybridized carbons (Fsp3) is 0.105. The Kier molecular flexibility index (Phi) is 4.52. The van der Waals surface area contributed by atoms with E-state index in [9.17, 15) is 5.11 Å². The third-order valence-corrected chi connectivity index (χ3v) is 3.68. The van der Waals surface area contributed by atoms with E-state index in [1.807, 2.05) is 54.6 Å². The van der Waals surface area contributed by atoms with Gasteiger partial charge in [-0.1, -0.05) is 12.7 Å². The molecule has 2 aromatic rings. The van der Waals surface area contributed by atoms with E-state index in [4.69, 9.17) is 4.42 Å². The summed E-state index contributed by atoms with van der Waals surface area (Å²) in [6.45, 7) is 6.56. The van der Waals surface area contributed by atoms with Gasteiger partial charge in [0.25, 0.3) is 0 Å². The molecule has 0 amide bonds. The number of nitrogens with one attached hydrogen (secondary N) is 1. The van der Waals surface area contributed by atoms with Gasteiger partial charge in [0.05, 0.1) is 18.5 Å². The first-order valence-electron chi connectivity index (χ1n) is 7.63. The molecule has 2 heterocycles. The van der Waals surface area contributed by atoms with Gasteiger partial charge in [-0.3, -0.25) is 4.99 Å². The van der Waals surface area contributed by atoms with E-state index in [0.717, 1.165) is 22.7 Å². The number of furan rings is 1. The fourth-order valence-corrected chi connectivity index (χ4v) is 2.48. The second-order valence-electron chi connectivity index (χ2n) is 5.24. The van der Waals surface area contributed by atoms with Gasteiger partial charge in [-0.25, -0.2) is 0 Å². The molecule has 1 aliphatic rings. The van der Waals surface area contributed by atoms with Gasteiger partial charge in [0.15, 0.2) is 0 Å². The van der Waals surface area contributed by atoms with Gasteiger partial charge in [-0.2, -0.15) is 0 Å². The minimum absolute atomic E-state index is 0.240. The average molecular weight is 321 g/mol. The Bertz CT molecular complexity index is 800. The first kappa shape index (κ1) is 15.7. The predicted molar refractivity (Wildman–Crippen MR) is 94.9 cm³/mol. The van der Waals surface area contributed by atoms with Crippen molar-refractivity contribution in [3.63, 3.8) is 0 Å². The molecule has 0 atom stereocenters. The highest BCUT2D eigenvalue weighted by molar-refractivity contribution is 6.00. The molecule has 1 aromatic heterocycles. The molecule has 3 rings (SSSR count). The van der Waals surface area contributed by atoms with Gasteiger partial charge in [-0.05, 0) is 48.9 Å². The summed E-state index contributed by atoms with van der Waals surface area (Å²) in [5.74, 6) is 1.72. The van der Waals surface area contributed by atoms with Gasteiger partial charge in [-0.15, -0.1) is 0 Å². The van der Waals surface area contributed by atoms with Crippen molar-refractivity contribution in [3.05, 3.63) is 84.7 Å². The van der Waals surface area contributed by atoms with Crippen LogP contribution in [0.3, 0.4) is 0 Å². The lowest BCUT2D eigenvalue weighted by molar-refractivity contribution is 0.475. The molecule has 0 aliphatic carbocycles. The van der Waals surface area contributed by atoms with Crippen molar-refractivity contribution in [1.29, 1.82) is 0 Å². The molecule has 0 radical (unpaired) electrons. The van der Waals surface area contributed by atoms with Crippen LogP contribution in [-0.2, 0) is 6.54 Å². The molecule has 2 N–H and O–H groups in total. The first-order valence-corrected chi connectivity index (χ1v) is 7.63. The molecule has 5 nitrogen and oxygen atoms in total. The van der Waals surface area contributed by atoms with E-state index < -0.39 is 0 Å². The largest absolute Gasteiger partial charge is 0.508 e. The van der Waals surface area contributed by atoms with Gasteiger partial charge >= 0.3 is 0 Å². The Morgan fingerprint density at radius 1 is 1.33 bits per heavy atom. The minimum Gasteiger partial charge on any atom is -0.508 e. The van der Waals surface area contributed by atoms with Gasteiger partial charge in [0.1, 0.15) is 17.3 Å². The summed E-state index contributed by atoms with van der Waals surface area (Å²) in [4.78, 5) is 6.50. The van der Waals surface area contributed by atoms with Gasteiger partial charge in [0.2, 0.25) is 0 Å². The summed E-state index contributed by atoms with van der Waals surface area (Å²) < 4.78 is 5.30. The molecule has 122 valence electrons. The van der Waals surface area contributed by atoms with E-state index in [1.54, 1.807) is 18.4 Å². The van der Waals surface area contributed by atoms with Crippen LogP contribution in [0.2, 0.25) is 0 Å². The summed E-state index contributed by atoms with van der Waals surface area (Å²) >= 11 is 0. The lowest BCUT2D eigenvalue weighted by atomic mass is 10.1. The van der Waals surface area contributed by atoms with Crippen LogP contribution in [0.25, 0.3) is 5.70 Å². The summed E-state index contributed by atoms with van der Waals surface area (Å²) in [6, 6.07) is 10.8. The number of aliphatic imine (C=N–C) groups is 1. The lowest BCUT2D eigenvalue weighted by Crippen LogP contribution is -2.33. The van der Waals surface area contributed by atoms with Crippen molar-refractivity contribution in [2.45, 2.75) is 13.5 Å². The number of nitrogens with zero attached hydrogens (tertiary/aromatic N) is 2. The molecule has 24 heavy (non-hydrogen) atoms. The van der Waals surface area contributed by atoms with Crippen molar-refractivity contribution in [2.24, 2.45) is 4.99 Å². The quantitative estimate of drug-likeness (QED) is 0.898.